The molecular formula is C21H19NO5. The molecule has 2 aliphatic rings. The number of ketones is 1. The van der Waals surface area contributed by atoms with E-state index < -0.39 is 11.5 Å². The smallest absolute Gasteiger partial charge is 0.264 e. The second-order valence-electron chi connectivity index (χ2n) is 6.52. The molecule has 1 amide bonds. The molecule has 0 spiro atoms. The Morgan fingerprint density at radius 1 is 1.22 bits per heavy atom. The number of hydrogen-bond donors (Lipinski definition) is 1. The van der Waals surface area contributed by atoms with Crippen molar-refractivity contribution in [1.29, 1.82) is 0 Å². The van der Waals surface area contributed by atoms with Crippen molar-refractivity contribution < 1.29 is 24.2 Å². The van der Waals surface area contributed by atoms with Crippen molar-refractivity contribution in [2.75, 3.05) is 18.2 Å². The van der Waals surface area contributed by atoms with Crippen LogP contribution in [-0.2, 0) is 15.2 Å². The largest absolute Gasteiger partial charge is 0.454 e. The van der Waals surface area contributed by atoms with Crippen LogP contribution in [0.4, 0.5) is 5.69 Å². The molecule has 0 radical (unpaired) electrons. The topological polar surface area (TPSA) is 76.1 Å². The number of ether oxygens (including phenoxy) is 2. The summed E-state index contributed by atoms with van der Waals surface area (Å²) in [5.74, 6) is 0.495. The lowest BCUT2D eigenvalue weighted by molar-refractivity contribution is -0.140. The van der Waals surface area contributed by atoms with E-state index in [0.717, 1.165) is 5.56 Å². The quantitative estimate of drug-likeness (QED) is 0.825. The lowest BCUT2D eigenvalue weighted by Crippen LogP contribution is -2.41. The van der Waals surface area contributed by atoms with Crippen LogP contribution >= 0.6 is 0 Å². The molecule has 1 atom stereocenters. The van der Waals surface area contributed by atoms with Gasteiger partial charge in [0.25, 0.3) is 5.91 Å². The van der Waals surface area contributed by atoms with Gasteiger partial charge in [-0.05, 0) is 36.8 Å². The van der Waals surface area contributed by atoms with E-state index in [1.165, 1.54) is 11.0 Å². The highest BCUT2D eigenvalue weighted by molar-refractivity contribution is 6.10. The maximum absolute atomic E-state index is 12.7. The summed E-state index contributed by atoms with van der Waals surface area (Å²) < 4.78 is 10.6. The molecule has 2 aromatic rings. The number of allylic oxidation sites excluding steroid dienone is 1. The zero-order valence-electron chi connectivity index (χ0n) is 14.8. The summed E-state index contributed by atoms with van der Waals surface area (Å²) in [7, 11) is 0. The Bertz CT molecular complexity index is 951. The van der Waals surface area contributed by atoms with E-state index in [1.54, 1.807) is 42.5 Å². The van der Waals surface area contributed by atoms with Crippen molar-refractivity contribution in [3.8, 4) is 11.5 Å². The number of rotatable bonds is 5. The van der Waals surface area contributed by atoms with Crippen molar-refractivity contribution >= 4 is 23.5 Å². The van der Waals surface area contributed by atoms with E-state index in [0.29, 0.717) is 29.3 Å². The molecule has 2 heterocycles. The summed E-state index contributed by atoms with van der Waals surface area (Å²) in [5, 5.41) is 11.0. The molecule has 27 heavy (non-hydrogen) atoms. The highest BCUT2D eigenvalue weighted by atomic mass is 16.7. The molecule has 4 rings (SSSR count). The molecule has 2 aromatic carbocycles. The van der Waals surface area contributed by atoms with Crippen LogP contribution in [0.15, 0.2) is 48.5 Å². The zero-order chi connectivity index (χ0) is 19.0. The van der Waals surface area contributed by atoms with Crippen molar-refractivity contribution in [2.45, 2.75) is 18.9 Å². The average Bonchev–Trinajstić information content (AvgIpc) is 3.22. The van der Waals surface area contributed by atoms with Crippen LogP contribution < -0.4 is 14.4 Å². The van der Waals surface area contributed by atoms with E-state index in [1.807, 2.05) is 13.0 Å². The molecule has 0 aromatic heterocycles. The number of anilines is 1. The van der Waals surface area contributed by atoms with Crippen molar-refractivity contribution in [3.05, 3.63) is 59.7 Å². The van der Waals surface area contributed by atoms with Crippen molar-refractivity contribution in [1.82, 2.24) is 0 Å². The lowest BCUT2D eigenvalue weighted by atomic mass is 9.89. The van der Waals surface area contributed by atoms with Crippen LogP contribution in [0.25, 0.3) is 6.08 Å². The summed E-state index contributed by atoms with van der Waals surface area (Å²) in [4.78, 5) is 26.7. The Morgan fingerprint density at radius 2 is 2.00 bits per heavy atom. The van der Waals surface area contributed by atoms with Crippen molar-refractivity contribution in [3.63, 3.8) is 0 Å². The number of amides is 1. The van der Waals surface area contributed by atoms with Gasteiger partial charge in [-0.1, -0.05) is 30.3 Å². The molecular weight excluding hydrogens is 346 g/mol. The fraction of sp³-hybridized carbons (Fsp3) is 0.238. The van der Waals surface area contributed by atoms with E-state index in [-0.39, 0.29) is 19.0 Å². The van der Waals surface area contributed by atoms with Gasteiger partial charge in [-0.15, -0.1) is 0 Å². The van der Waals surface area contributed by atoms with Gasteiger partial charge in [0, 0.05) is 12.1 Å². The minimum atomic E-state index is -1.83. The first-order valence-electron chi connectivity index (χ1n) is 8.77. The Kier molecular flexibility index (Phi) is 4.20. The summed E-state index contributed by atoms with van der Waals surface area (Å²) in [5.41, 5.74) is 0.0674. The summed E-state index contributed by atoms with van der Waals surface area (Å²) in [6.07, 6.45) is 2.71. The van der Waals surface area contributed by atoms with Gasteiger partial charge in [0.2, 0.25) is 6.79 Å². The van der Waals surface area contributed by atoms with Crippen LogP contribution in [0.5, 0.6) is 11.5 Å². The van der Waals surface area contributed by atoms with E-state index in [4.69, 9.17) is 9.47 Å². The second-order valence-corrected chi connectivity index (χ2v) is 6.52. The minimum absolute atomic E-state index is 0.184. The molecule has 0 aliphatic carbocycles. The predicted octanol–water partition coefficient (Wildman–Crippen LogP) is 2.64. The van der Waals surface area contributed by atoms with Crippen LogP contribution in [-0.4, -0.2) is 30.1 Å². The number of carbonyl (C=O) groups is 2. The van der Waals surface area contributed by atoms with Gasteiger partial charge < -0.3 is 19.5 Å². The number of para-hydroxylation sites is 1. The molecule has 1 N–H and O–H groups in total. The Labute approximate surface area is 156 Å². The van der Waals surface area contributed by atoms with Gasteiger partial charge in [-0.25, -0.2) is 0 Å². The van der Waals surface area contributed by atoms with Gasteiger partial charge in [-0.2, -0.15) is 0 Å². The third-order valence-corrected chi connectivity index (χ3v) is 4.84. The second kappa shape index (κ2) is 6.55. The first-order valence-corrected chi connectivity index (χ1v) is 8.77. The molecule has 138 valence electrons. The Hall–Kier alpha value is -3.12. The number of aliphatic hydroxyl groups is 1. The molecule has 0 fully saturated rings. The molecule has 2 aliphatic heterocycles. The van der Waals surface area contributed by atoms with Gasteiger partial charge in [0.05, 0.1) is 12.1 Å². The number of benzene rings is 2. The number of carbonyl (C=O) groups excluding carboxylic acids is 2. The first kappa shape index (κ1) is 17.3. The predicted molar refractivity (Wildman–Crippen MR) is 99.6 cm³/mol. The SMILES string of the molecule is CCN1C(=O)[C@](O)(CC(=O)/C=C/c2ccc3c(c2)OCO3)c2ccccc21. The van der Waals surface area contributed by atoms with Gasteiger partial charge in [0.15, 0.2) is 22.9 Å². The average molecular weight is 365 g/mol. The molecule has 0 bridgehead atoms. The molecule has 0 saturated carbocycles. The Balaban J connectivity index is 1.55. The number of fused-ring (bicyclic) bond motifs is 2. The van der Waals surface area contributed by atoms with Crippen LogP contribution in [0.3, 0.4) is 0 Å². The maximum Gasteiger partial charge on any atom is 0.264 e. The van der Waals surface area contributed by atoms with Crippen LogP contribution in [0.1, 0.15) is 24.5 Å². The standard InChI is InChI=1S/C21H19NO5/c1-2-22-17-6-4-3-5-16(17)21(25,20(22)24)12-15(23)9-7-14-8-10-18-19(11-14)27-13-26-18/h3-11,25H,2,12-13H2,1H3/b9-7+/t21-/m0/s1. The van der Waals surface area contributed by atoms with E-state index >= 15 is 0 Å². The highest BCUT2D eigenvalue weighted by Crippen LogP contribution is 2.42. The fourth-order valence-corrected chi connectivity index (χ4v) is 3.51. The molecule has 0 saturated heterocycles. The van der Waals surface area contributed by atoms with E-state index in [9.17, 15) is 14.7 Å². The van der Waals surface area contributed by atoms with Crippen molar-refractivity contribution in [2.24, 2.45) is 0 Å². The lowest BCUT2D eigenvalue weighted by Gasteiger charge is -2.21. The zero-order valence-corrected chi connectivity index (χ0v) is 14.8. The third-order valence-electron chi connectivity index (χ3n) is 4.84. The summed E-state index contributed by atoms with van der Waals surface area (Å²) in [6.45, 7) is 2.45. The third kappa shape index (κ3) is 2.88. The number of nitrogens with zero attached hydrogens (tertiary/aromatic N) is 1. The number of likely N-dealkylation sites (N-methyl/N-ethyl adjacent to an activating group) is 1. The van der Waals surface area contributed by atoms with Gasteiger partial charge >= 0.3 is 0 Å². The number of hydrogen-bond acceptors (Lipinski definition) is 5. The minimum Gasteiger partial charge on any atom is -0.454 e. The monoisotopic (exact) mass is 365 g/mol. The molecule has 6 heteroatoms. The maximum atomic E-state index is 12.7. The van der Waals surface area contributed by atoms with E-state index in [2.05, 4.69) is 0 Å². The fourth-order valence-electron chi connectivity index (χ4n) is 3.51. The summed E-state index contributed by atoms with van der Waals surface area (Å²) in [6, 6.07) is 12.4. The highest BCUT2D eigenvalue weighted by Gasteiger charge is 2.49. The first-order chi connectivity index (χ1) is 13.0. The summed E-state index contributed by atoms with van der Waals surface area (Å²) >= 11 is 0. The van der Waals surface area contributed by atoms with Gasteiger partial charge in [0.1, 0.15) is 0 Å². The molecule has 0 unspecified atom stereocenters. The van der Waals surface area contributed by atoms with Crippen LogP contribution in [0.2, 0.25) is 0 Å². The molecule has 6 nitrogen and oxygen atoms in total. The van der Waals surface area contributed by atoms with Crippen LogP contribution in [0, 0.1) is 0 Å². The normalized spacial score (nSPS) is 20.4. The van der Waals surface area contributed by atoms with Gasteiger partial charge in [-0.3, -0.25) is 9.59 Å². The Morgan fingerprint density at radius 3 is 2.81 bits per heavy atom.